The molecule has 116 valence electrons. The van der Waals surface area contributed by atoms with Crippen LogP contribution in [0.15, 0.2) is 30.3 Å². The lowest BCUT2D eigenvalue weighted by Gasteiger charge is -2.39. The van der Waals surface area contributed by atoms with Crippen LogP contribution in [0.5, 0.6) is 0 Å². The molecule has 0 aromatic heterocycles. The van der Waals surface area contributed by atoms with Crippen LogP contribution >= 0.6 is 0 Å². The van der Waals surface area contributed by atoms with Crippen LogP contribution in [0.4, 0.5) is 0 Å². The number of ether oxygens (including phenoxy) is 2. The summed E-state index contributed by atoms with van der Waals surface area (Å²) in [5.74, 6) is -0.380. The highest BCUT2D eigenvalue weighted by Gasteiger charge is 2.40. The highest BCUT2D eigenvalue weighted by Crippen LogP contribution is 2.23. The van der Waals surface area contributed by atoms with E-state index in [-0.39, 0.29) is 12.0 Å². The van der Waals surface area contributed by atoms with Crippen LogP contribution < -0.4 is 5.73 Å². The zero-order chi connectivity index (χ0) is 15.3. The number of nitrogens with zero attached hydrogens (tertiary/aromatic N) is 1. The van der Waals surface area contributed by atoms with Gasteiger partial charge < -0.3 is 15.2 Å². The molecule has 5 heteroatoms. The van der Waals surface area contributed by atoms with Crippen LogP contribution in [0, 0.1) is 0 Å². The summed E-state index contributed by atoms with van der Waals surface area (Å²) < 4.78 is 10.7. The van der Waals surface area contributed by atoms with E-state index in [0.29, 0.717) is 26.4 Å². The van der Waals surface area contributed by atoms with Gasteiger partial charge >= 0.3 is 5.97 Å². The molecule has 1 heterocycles. The molecule has 2 rings (SSSR count). The fraction of sp³-hybridized carbons (Fsp3) is 0.562. The molecule has 1 aromatic carbocycles. The lowest BCUT2D eigenvalue weighted by atomic mass is 9.89. The first-order valence-electron chi connectivity index (χ1n) is 7.41. The second-order valence-electron chi connectivity index (χ2n) is 5.45. The first-order valence-corrected chi connectivity index (χ1v) is 7.41. The van der Waals surface area contributed by atoms with E-state index in [0.717, 1.165) is 12.1 Å². The smallest absolute Gasteiger partial charge is 0.332 e. The summed E-state index contributed by atoms with van der Waals surface area (Å²) in [6.45, 7) is 6.72. The van der Waals surface area contributed by atoms with Crippen molar-refractivity contribution >= 4 is 5.97 Å². The molecule has 1 aliphatic heterocycles. The van der Waals surface area contributed by atoms with Gasteiger partial charge in [0.1, 0.15) is 0 Å². The Hall–Kier alpha value is -1.43. The Kier molecular flexibility index (Phi) is 5.33. The molecule has 5 nitrogen and oxygen atoms in total. The van der Waals surface area contributed by atoms with Crippen molar-refractivity contribution in [3.05, 3.63) is 35.9 Å². The van der Waals surface area contributed by atoms with Crippen molar-refractivity contribution in [1.29, 1.82) is 0 Å². The average molecular weight is 292 g/mol. The first-order chi connectivity index (χ1) is 10.1. The monoisotopic (exact) mass is 292 g/mol. The maximum atomic E-state index is 12.4. The molecule has 0 aliphatic carbocycles. The number of nitrogens with two attached hydrogens (primary N) is 1. The second-order valence-corrected chi connectivity index (χ2v) is 5.45. The van der Waals surface area contributed by atoms with E-state index in [1.807, 2.05) is 30.3 Å². The molecule has 0 bridgehead atoms. The standard InChI is InChI=1S/C16H24N2O3/c1-3-21-15(19)16(17,14-7-5-4-6-8-14)12-18-9-10-20-11-13(18)2/h4-8,13H,3,9-12,17H2,1-2H3. The van der Waals surface area contributed by atoms with Gasteiger partial charge in [0.05, 0.1) is 19.8 Å². The molecule has 2 atom stereocenters. The van der Waals surface area contributed by atoms with E-state index in [1.165, 1.54) is 0 Å². The third-order valence-corrected chi connectivity index (χ3v) is 3.89. The van der Waals surface area contributed by atoms with Gasteiger partial charge in [-0.25, -0.2) is 4.79 Å². The summed E-state index contributed by atoms with van der Waals surface area (Å²) in [7, 11) is 0. The lowest BCUT2D eigenvalue weighted by molar-refractivity contribution is -0.152. The number of morpholine rings is 1. The SMILES string of the molecule is CCOC(=O)C(N)(CN1CCOCC1C)c1ccccc1. The number of rotatable bonds is 5. The lowest BCUT2D eigenvalue weighted by Crippen LogP contribution is -2.58. The predicted molar refractivity (Wildman–Crippen MR) is 80.8 cm³/mol. The quantitative estimate of drug-likeness (QED) is 0.824. The Labute approximate surface area is 126 Å². The minimum atomic E-state index is -1.15. The molecule has 21 heavy (non-hydrogen) atoms. The molecule has 1 aliphatic rings. The zero-order valence-electron chi connectivity index (χ0n) is 12.7. The van der Waals surface area contributed by atoms with E-state index >= 15 is 0 Å². The van der Waals surface area contributed by atoms with Crippen molar-refractivity contribution in [2.24, 2.45) is 5.73 Å². The van der Waals surface area contributed by atoms with Gasteiger partial charge in [-0.1, -0.05) is 30.3 Å². The summed E-state index contributed by atoms with van der Waals surface area (Å²) in [6, 6.07) is 9.67. The molecule has 1 saturated heterocycles. The molecular weight excluding hydrogens is 268 g/mol. The predicted octanol–water partition coefficient (Wildman–Crippen LogP) is 1.12. The molecule has 0 saturated carbocycles. The summed E-state index contributed by atoms with van der Waals surface area (Å²) >= 11 is 0. The Bertz CT molecular complexity index is 466. The summed E-state index contributed by atoms with van der Waals surface area (Å²) in [5, 5.41) is 0. The average Bonchev–Trinajstić information content (AvgIpc) is 2.50. The van der Waals surface area contributed by atoms with Crippen LogP contribution in [0.2, 0.25) is 0 Å². The van der Waals surface area contributed by atoms with Crippen LogP contribution in [0.1, 0.15) is 19.4 Å². The third-order valence-electron chi connectivity index (χ3n) is 3.89. The van der Waals surface area contributed by atoms with Crippen molar-refractivity contribution in [3.8, 4) is 0 Å². The van der Waals surface area contributed by atoms with Gasteiger partial charge in [0, 0.05) is 19.1 Å². The Morgan fingerprint density at radius 3 is 2.81 bits per heavy atom. The molecule has 2 unspecified atom stereocenters. The number of carbonyl (C=O) groups excluding carboxylic acids is 1. The van der Waals surface area contributed by atoms with E-state index in [4.69, 9.17) is 15.2 Å². The Balaban J connectivity index is 2.25. The van der Waals surface area contributed by atoms with Crippen molar-refractivity contribution in [1.82, 2.24) is 4.90 Å². The number of carbonyl (C=O) groups is 1. The fourth-order valence-electron chi connectivity index (χ4n) is 2.59. The number of hydrogen-bond acceptors (Lipinski definition) is 5. The van der Waals surface area contributed by atoms with Gasteiger partial charge in [0.25, 0.3) is 0 Å². The molecule has 2 N–H and O–H groups in total. The minimum Gasteiger partial charge on any atom is -0.464 e. The second kappa shape index (κ2) is 7.02. The molecule has 0 amide bonds. The molecule has 0 radical (unpaired) electrons. The maximum Gasteiger partial charge on any atom is 0.332 e. The summed E-state index contributed by atoms with van der Waals surface area (Å²) in [6.07, 6.45) is 0. The topological polar surface area (TPSA) is 64.8 Å². The highest BCUT2D eigenvalue weighted by atomic mass is 16.5. The fourth-order valence-corrected chi connectivity index (χ4v) is 2.59. The van der Waals surface area contributed by atoms with Gasteiger partial charge in [-0.2, -0.15) is 0 Å². The van der Waals surface area contributed by atoms with Gasteiger partial charge in [-0.15, -0.1) is 0 Å². The van der Waals surface area contributed by atoms with Crippen LogP contribution in [0.3, 0.4) is 0 Å². The van der Waals surface area contributed by atoms with E-state index < -0.39 is 5.54 Å². The Morgan fingerprint density at radius 2 is 2.19 bits per heavy atom. The van der Waals surface area contributed by atoms with E-state index in [9.17, 15) is 4.79 Å². The summed E-state index contributed by atoms with van der Waals surface area (Å²) in [5.41, 5.74) is 6.11. The van der Waals surface area contributed by atoms with E-state index in [1.54, 1.807) is 6.92 Å². The van der Waals surface area contributed by atoms with Crippen LogP contribution in [-0.2, 0) is 19.8 Å². The van der Waals surface area contributed by atoms with E-state index in [2.05, 4.69) is 11.8 Å². The molecular formula is C16H24N2O3. The number of benzene rings is 1. The molecule has 0 spiro atoms. The van der Waals surface area contributed by atoms with Crippen molar-refractivity contribution in [3.63, 3.8) is 0 Å². The van der Waals surface area contributed by atoms with Crippen molar-refractivity contribution in [2.75, 3.05) is 32.9 Å². The molecule has 1 aromatic rings. The van der Waals surface area contributed by atoms with Gasteiger partial charge in [-0.3, -0.25) is 4.90 Å². The number of esters is 1. The normalized spacial score (nSPS) is 22.5. The highest BCUT2D eigenvalue weighted by molar-refractivity contribution is 5.82. The third kappa shape index (κ3) is 3.61. The Morgan fingerprint density at radius 1 is 1.48 bits per heavy atom. The van der Waals surface area contributed by atoms with Gasteiger partial charge in [-0.05, 0) is 19.4 Å². The van der Waals surface area contributed by atoms with Gasteiger partial charge in [0.2, 0.25) is 0 Å². The van der Waals surface area contributed by atoms with Gasteiger partial charge in [0.15, 0.2) is 5.54 Å². The van der Waals surface area contributed by atoms with Crippen LogP contribution in [-0.4, -0.2) is 49.8 Å². The van der Waals surface area contributed by atoms with Crippen molar-refractivity contribution in [2.45, 2.75) is 25.4 Å². The largest absolute Gasteiger partial charge is 0.464 e. The molecule has 1 fully saturated rings. The zero-order valence-corrected chi connectivity index (χ0v) is 12.7. The first kappa shape index (κ1) is 15.9. The minimum absolute atomic E-state index is 0.236. The van der Waals surface area contributed by atoms with Crippen molar-refractivity contribution < 1.29 is 14.3 Å². The summed E-state index contributed by atoms with van der Waals surface area (Å²) in [4.78, 5) is 14.6. The van der Waals surface area contributed by atoms with Crippen LogP contribution in [0.25, 0.3) is 0 Å². The maximum absolute atomic E-state index is 12.4. The number of hydrogen-bond donors (Lipinski definition) is 1.